The Morgan fingerprint density at radius 3 is 2.95 bits per heavy atom. The van der Waals surface area contributed by atoms with Crippen molar-refractivity contribution >= 4 is 34.8 Å². The van der Waals surface area contributed by atoms with Crippen molar-refractivity contribution in [3.63, 3.8) is 0 Å². The molecular weight excluding hydrogens is 290 g/mol. The number of carbonyl (C=O) groups is 2. The van der Waals surface area contributed by atoms with Crippen molar-refractivity contribution in [3.8, 4) is 0 Å². The highest BCUT2D eigenvalue weighted by molar-refractivity contribution is 7.16. The van der Waals surface area contributed by atoms with Crippen molar-refractivity contribution in [3.05, 3.63) is 21.3 Å². The van der Waals surface area contributed by atoms with E-state index < -0.39 is 12.0 Å². The van der Waals surface area contributed by atoms with E-state index >= 15 is 0 Å². The molecule has 2 heterocycles. The molecule has 1 aliphatic rings. The first kappa shape index (κ1) is 14.3. The number of carbonyl (C=O) groups excluding carboxylic acids is 1. The highest BCUT2D eigenvalue weighted by Gasteiger charge is 2.32. The van der Waals surface area contributed by atoms with Gasteiger partial charge in [-0.25, -0.2) is 4.79 Å². The predicted molar refractivity (Wildman–Crippen MR) is 71.6 cm³/mol. The van der Waals surface area contributed by atoms with E-state index in [2.05, 4.69) is 0 Å². The second-order valence-corrected chi connectivity index (χ2v) is 6.02. The van der Waals surface area contributed by atoms with E-state index in [1.807, 2.05) is 6.07 Å². The summed E-state index contributed by atoms with van der Waals surface area (Å²) >= 11 is 7.26. The number of amides is 1. The Hall–Kier alpha value is -1.11. The molecule has 1 aromatic heterocycles. The number of hydrogen-bond acceptors (Lipinski definition) is 4. The van der Waals surface area contributed by atoms with Crippen LogP contribution in [0.15, 0.2) is 12.1 Å². The summed E-state index contributed by atoms with van der Waals surface area (Å²) in [5.74, 6) is -1.17. The van der Waals surface area contributed by atoms with Crippen LogP contribution in [0.4, 0.5) is 0 Å². The molecule has 1 N–H and O–H groups in total. The fourth-order valence-electron chi connectivity index (χ4n) is 1.97. The van der Waals surface area contributed by atoms with E-state index in [9.17, 15) is 9.59 Å². The molecule has 7 heteroatoms. The van der Waals surface area contributed by atoms with Gasteiger partial charge in [0, 0.05) is 17.8 Å². The van der Waals surface area contributed by atoms with Crippen LogP contribution in [-0.2, 0) is 20.7 Å². The Morgan fingerprint density at radius 2 is 2.32 bits per heavy atom. The average molecular weight is 304 g/mol. The van der Waals surface area contributed by atoms with E-state index in [1.54, 1.807) is 6.07 Å². The van der Waals surface area contributed by atoms with Crippen LogP contribution in [0.5, 0.6) is 0 Å². The number of rotatable bonds is 4. The maximum Gasteiger partial charge on any atom is 0.328 e. The molecule has 1 amide bonds. The Labute approximate surface area is 119 Å². The maximum absolute atomic E-state index is 12.1. The molecule has 2 rings (SSSR count). The third-order valence-corrected chi connectivity index (χ3v) is 4.24. The zero-order valence-corrected chi connectivity index (χ0v) is 11.7. The zero-order chi connectivity index (χ0) is 13.8. The summed E-state index contributed by atoms with van der Waals surface area (Å²) in [6, 6.07) is 2.81. The molecule has 1 atom stereocenters. The van der Waals surface area contributed by atoms with E-state index in [0.717, 1.165) is 4.88 Å². The third-order valence-electron chi connectivity index (χ3n) is 2.95. The Balaban J connectivity index is 1.92. The van der Waals surface area contributed by atoms with Crippen molar-refractivity contribution in [2.24, 2.45) is 0 Å². The Kier molecular flexibility index (Phi) is 4.79. The normalized spacial score (nSPS) is 19.4. The van der Waals surface area contributed by atoms with Crippen LogP contribution in [-0.4, -0.2) is 47.7 Å². The molecule has 0 saturated carbocycles. The molecule has 0 bridgehead atoms. The van der Waals surface area contributed by atoms with Crippen molar-refractivity contribution < 1.29 is 19.4 Å². The second kappa shape index (κ2) is 6.36. The number of morpholine rings is 1. The second-order valence-electron chi connectivity index (χ2n) is 4.22. The molecule has 19 heavy (non-hydrogen) atoms. The largest absolute Gasteiger partial charge is 0.480 e. The number of thiophene rings is 1. The number of ether oxygens (including phenoxy) is 1. The summed E-state index contributed by atoms with van der Waals surface area (Å²) in [6.07, 6.45) is 0.876. The van der Waals surface area contributed by atoms with Gasteiger partial charge in [-0.2, -0.15) is 0 Å². The lowest BCUT2D eigenvalue weighted by Gasteiger charge is -2.32. The molecule has 1 saturated heterocycles. The van der Waals surface area contributed by atoms with Gasteiger partial charge in [-0.3, -0.25) is 4.79 Å². The molecule has 0 aromatic carbocycles. The number of carboxylic acid groups (broad SMARTS) is 1. The number of nitrogens with zero attached hydrogens (tertiary/aromatic N) is 1. The highest BCUT2D eigenvalue weighted by atomic mass is 35.5. The molecule has 1 fully saturated rings. The van der Waals surface area contributed by atoms with Crippen LogP contribution in [0.1, 0.15) is 11.3 Å². The zero-order valence-electron chi connectivity index (χ0n) is 10.2. The topological polar surface area (TPSA) is 66.8 Å². The van der Waals surface area contributed by atoms with E-state index in [-0.39, 0.29) is 12.5 Å². The highest BCUT2D eigenvalue weighted by Crippen LogP contribution is 2.23. The van der Waals surface area contributed by atoms with Gasteiger partial charge < -0.3 is 14.7 Å². The number of carboxylic acids is 1. The maximum atomic E-state index is 12.1. The van der Waals surface area contributed by atoms with Gasteiger partial charge in [0.25, 0.3) is 0 Å². The Bertz CT molecular complexity index is 476. The molecule has 5 nitrogen and oxygen atoms in total. The fraction of sp³-hybridized carbons (Fsp3) is 0.500. The van der Waals surface area contributed by atoms with Crippen LogP contribution in [0.3, 0.4) is 0 Å². The standard InChI is InChI=1S/C12H14ClNO4S/c13-10-3-1-8(19-10)2-4-11(15)14-5-6-18-7-9(14)12(16)17/h1,3,9H,2,4-7H2,(H,16,17). The minimum atomic E-state index is -1.02. The SMILES string of the molecule is O=C(O)C1COCCN1C(=O)CCc1ccc(Cl)s1. The lowest BCUT2D eigenvalue weighted by Crippen LogP contribution is -2.52. The molecular formula is C12H14ClNO4S. The lowest BCUT2D eigenvalue weighted by atomic mass is 10.2. The van der Waals surface area contributed by atoms with Gasteiger partial charge in [-0.05, 0) is 18.6 Å². The van der Waals surface area contributed by atoms with Crippen LogP contribution < -0.4 is 0 Å². The summed E-state index contributed by atoms with van der Waals surface area (Å²) in [5, 5.41) is 9.06. The molecule has 104 valence electrons. The predicted octanol–water partition coefficient (Wildman–Crippen LogP) is 1.65. The van der Waals surface area contributed by atoms with E-state index in [4.69, 9.17) is 21.4 Å². The molecule has 0 aliphatic carbocycles. The van der Waals surface area contributed by atoms with Crippen LogP contribution in [0.2, 0.25) is 4.34 Å². The average Bonchev–Trinajstić information content (AvgIpc) is 2.81. The van der Waals surface area contributed by atoms with Crippen LogP contribution >= 0.6 is 22.9 Å². The third kappa shape index (κ3) is 3.68. The van der Waals surface area contributed by atoms with Crippen molar-refractivity contribution in [2.45, 2.75) is 18.9 Å². The van der Waals surface area contributed by atoms with Gasteiger partial charge in [0.05, 0.1) is 17.6 Å². The quantitative estimate of drug-likeness (QED) is 0.918. The van der Waals surface area contributed by atoms with Gasteiger partial charge >= 0.3 is 5.97 Å². The summed E-state index contributed by atoms with van der Waals surface area (Å²) in [5.41, 5.74) is 0. The number of aliphatic carboxylic acids is 1. The first-order valence-corrected chi connectivity index (χ1v) is 7.11. The van der Waals surface area contributed by atoms with Crippen molar-refractivity contribution in [1.82, 2.24) is 4.90 Å². The number of aryl methyl sites for hydroxylation is 1. The lowest BCUT2D eigenvalue weighted by molar-refractivity contribution is -0.158. The first-order chi connectivity index (χ1) is 9.08. The summed E-state index contributed by atoms with van der Waals surface area (Å²) in [7, 11) is 0. The monoisotopic (exact) mass is 303 g/mol. The van der Waals surface area contributed by atoms with Crippen molar-refractivity contribution in [2.75, 3.05) is 19.8 Å². The fourth-order valence-corrected chi connectivity index (χ4v) is 3.05. The smallest absolute Gasteiger partial charge is 0.328 e. The molecule has 0 spiro atoms. The van der Waals surface area contributed by atoms with Crippen LogP contribution in [0, 0.1) is 0 Å². The minimum Gasteiger partial charge on any atom is -0.480 e. The van der Waals surface area contributed by atoms with Gasteiger partial charge in [0.15, 0.2) is 6.04 Å². The van der Waals surface area contributed by atoms with Gasteiger partial charge in [-0.15, -0.1) is 11.3 Å². The molecule has 1 unspecified atom stereocenters. The van der Waals surface area contributed by atoms with Gasteiger partial charge in [0.2, 0.25) is 5.91 Å². The molecule has 0 radical (unpaired) electrons. The van der Waals surface area contributed by atoms with Gasteiger partial charge in [0.1, 0.15) is 0 Å². The summed E-state index contributed by atoms with van der Waals surface area (Å²) in [6.45, 7) is 0.785. The van der Waals surface area contributed by atoms with Crippen molar-refractivity contribution in [1.29, 1.82) is 0 Å². The van der Waals surface area contributed by atoms with E-state index in [0.29, 0.717) is 30.3 Å². The summed E-state index contributed by atoms with van der Waals surface area (Å²) < 4.78 is 5.79. The van der Waals surface area contributed by atoms with Crippen LogP contribution in [0.25, 0.3) is 0 Å². The number of hydrogen-bond donors (Lipinski definition) is 1. The summed E-state index contributed by atoms with van der Waals surface area (Å²) in [4.78, 5) is 25.5. The first-order valence-electron chi connectivity index (χ1n) is 5.92. The van der Waals surface area contributed by atoms with E-state index in [1.165, 1.54) is 16.2 Å². The molecule has 1 aromatic rings. The molecule has 1 aliphatic heterocycles. The minimum absolute atomic E-state index is 0.0614. The number of halogens is 1. The Morgan fingerprint density at radius 1 is 1.53 bits per heavy atom. The van der Waals surface area contributed by atoms with Gasteiger partial charge in [-0.1, -0.05) is 11.6 Å².